The van der Waals surface area contributed by atoms with Gasteiger partial charge in [0.25, 0.3) is 5.56 Å². The number of ether oxygens (including phenoxy) is 1. The molecule has 1 aromatic rings. The third-order valence-electron chi connectivity index (χ3n) is 3.18. The molecule has 1 fully saturated rings. The first-order chi connectivity index (χ1) is 8.93. The Kier molecular flexibility index (Phi) is 3.68. The third-order valence-corrected chi connectivity index (χ3v) is 3.18. The number of anilines is 1. The number of alkyl halides is 3. The van der Waals surface area contributed by atoms with Gasteiger partial charge in [-0.2, -0.15) is 13.2 Å². The van der Waals surface area contributed by atoms with Crippen LogP contribution in [-0.2, 0) is 0 Å². The summed E-state index contributed by atoms with van der Waals surface area (Å²) in [4.78, 5) is 19.2. The topological polar surface area (TPSA) is 58.2 Å². The van der Waals surface area contributed by atoms with Gasteiger partial charge in [0, 0.05) is 13.1 Å². The van der Waals surface area contributed by atoms with Crippen molar-refractivity contribution in [2.45, 2.75) is 19.0 Å². The lowest BCUT2D eigenvalue weighted by molar-refractivity contribution is -0.176. The number of aromatic amines is 1. The molecule has 5 nitrogen and oxygen atoms in total. The largest absolute Gasteiger partial charge is 0.489 e. The van der Waals surface area contributed by atoms with Crippen molar-refractivity contribution >= 4 is 5.82 Å². The molecule has 1 aromatic heterocycles. The van der Waals surface area contributed by atoms with Crippen LogP contribution in [0.5, 0.6) is 5.75 Å². The molecule has 1 aliphatic rings. The minimum atomic E-state index is -4.23. The zero-order valence-corrected chi connectivity index (χ0v) is 10.3. The van der Waals surface area contributed by atoms with Crippen LogP contribution in [0.2, 0.25) is 0 Å². The number of hydrogen-bond acceptors (Lipinski definition) is 4. The van der Waals surface area contributed by atoms with Crippen molar-refractivity contribution in [1.29, 1.82) is 0 Å². The SMILES string of the molecule is COc1c(N2CCCC(C(F)(F)F)C2)nc[nH]c1=O. The highest BCUT2D eigenvalue weighted by Gasteiger charge is 2.42. The summed E-state index contributed by atoms with van der Waals surface area (Å²) in [6.45, 7) is 0.232. The van der Waals surface area contributed by atoms with Crippen molar-refractivity contribution in [2.75, 3.05) is 25.1 Å². The first-order valence-electron chi connectivity index (χ1n) is 5.87. The van der Waals surface area contributed by atoms with E-state index in [0.717, 1.165) is 6.33 Å². The van der Waals surface area contributed by atoms with Gasteiger partial charge in [0.2, 0.25) is 5.75 Å². The van der Waals surface area contributed by atoms with Crippen LogP contribution in [0.4, 0.5) is 19.0 Å². The first kappa shape index (κ1) is 13.7. The summed E-state index contributed by atoms with van der Waals surface area (Å²) >= 11 is 0. The van der Waals surface area contributed by atoms with Gasteiger partial charge in [0.1, 0.15) is 0 Å². The lowest BCUT2D eigenvalue weighted by Gasteiger charge is -2.34. The van der Waals surface area contributed by atoms with Gasteiger partial charge in [-0.3, -0.25) is 4.79 Å². The molecule has 0 spiro atoms. The number of hydrogen-bond donors (Lipinski definition) is 1. The van der Waals surface area contributed by atoms with E-state index in [1.807, 2.05) is 0 Å². The van der Waals surface area contributed by atoms with Crippen LogP contribution in [0.15, 0.2) is 11.1 Å². The molecular formula is C11H14F3N3O2. The molecule has 19 heavy (non-hydrogen) atoms. The van der Waals surface area contributed by atoms with Gasteiger partial charge in [-0.25, -0.2) is 4.98 Å². The minimum Gasteiger partial charge on any atom is -0.489 e. The Balaban J connectivity index is 2.27. The maximum Gasteiger partial charge on any atom is 0.393 e. The Labute approximate surface area is 107 Å². The van der Waals surface area contributed by atoms with E-state index < -0.39 is 17.7 Å². The summed E-state index contributed by atoms with van der Waals surface area (Å²) in [6.07, 6.45) is -2.56. The molecule has 106 valence electrons. The fourth-order valence-corrected chi connectivity index (χ4v) is 2.22. The van der Waals surface area contributed by atoms with E-state index in [-0.39, 0.29) is 24.5 Å². The first-order valence-corrected chi connectivity index (χ1v) is 5.87. The summed E-state index contributed by atoms with van der Waals surface area (Å²) < 4.78 is 43.2. The highest BCUT2D eigenvalue weighted by atomic mass is 19.4. The number of rotatable bonds is 2. The molecule has 0 aromatic carbocycles. The van der Waals surface area contributed by atoms with E-state index in [1.54, 1.807) is 0 Å². The molecule has 8 heteroatoms. The highest BCUT2D eigenvalue weighted by Crippen LogP contribution is 2.35. The Hall–Kier alpha value is -1.73. The monoisotopic (exact) mass is 277 g/mol. The molecule has 0 aliphatic carbocycles. The maximum absolute atomic E-state index is 12.7. The second-order valence-electron chi connectivity index (χ2n) is 4.42. The lowest BCUT2D eigenvalue weighted by Crippen LogP contribution is -2.42. The second-order valence-corrected chi connectivity index (χ2v) is 4.42. The van der Waals surface area contributed by atoms with Crippen LogP contribution in [0, 0.1) is 5.92 Å². The molecule has 0 bridgehead atoms. The van der Waals surface area contributed by atoms with Gasteiger partial charge in [-0.15, -0.1) is 0 Å². The predicted molar refractivity (Wildman–Crippen MR) is 62.4 cm³/mol. The molecule has 1 N–H and O–H groups in total. The van der Waals surface area contributed by atoms with Crippen LogP contribution >= 0.6 is 0 Å². The van der Waals surface area contributed by atoms with E-state index in [4.69, 9.17) is 4.74 Å². The van der Waals surface area contributed by atoms with Crippen LogP contribution in [0.25, 0.3) is 0 Å². The van der Waals surface area contributed by atoms with E-state index in [9.17, 15) is 18.0 Å². The summed E-state index contributed by atoms with van der Waals surface area (Å²) in [6, 6.07) is 0. The van der Waals surface area contributed by atoms with Crippen LogP contribution < -0.4 is 15.2 Å². The van der Waals surface area contributed by atoms with Crippen LogP contribution in [-0.4, -0.2) is 36.3 Å². The molecule has 0 saturated carbocycles. The van der Waals surface area contributed by atoms with Crippen LogP contribution in [0.1, 0.15) is 12.8 Å². The number of nitrogens with one attached hydrogen (secondary N) is 1. The van der Waals surface area contributed by atoms with E-state index in [1.165, 1.54) is 12.0 Å². The second kappa shape index (κ2) is 5.10. The van der Waals surface area contributed by atoms with Crippen molar-refractivity contribution in [2.24, 2.45) is 5.92 Å². The highest BCUT2D eigenvalue weighted by molar-refractivity contribution is 5.51. The summed E-state index contributed by atoms with van der Waals surface area (Å²) in [7, 11) is 1.29. The average molecular weight is 277 g/mol. The zero-order valence-electron chi connectivity index (χ0n) is 10.3. The van der Waals surface area contributed by atoms with Gasteiger partial charge in [-0.05, 0) is 12.8 Å². The number of H-pyrrole nitrogens is 1. The Bertz CT molecular complexity index is 501. The smallest absolute Gasteiger partial charge is 0.393 e. The normalized spacial score (nSPS) is 20.4. The molecule has 0 amide bonds. The van der Waals surface area contributed by atoms with Crippen molar-refractivity contribution in [3.63, 3.8) is 0 Å². The Morgan fingerprint density at radius 2 is 2.26 bits per heavy atom. The Morgan fingerprint density at radius 1 is 1.53 bits per heavy atom. The van der Waals surface area contributed by atoms with Gasteiger partial charge in [0.15, 0.2) is 5.82 Å². The number of piperidine rings is 1. The average Bonchev–Trinajstić information content (AvgIpc) is 2.37. The van der Waals surface area contributed by atoms with Crippen molar-refractivity contribution < 1.29 is 17.9 Å². The summed E-state index contributed by atoms with van der Waals surface area (Å²) in [5.74, 6) is -1.28. The van der Waals surface area contributed by atoms with Gasteiger partial charge >= 0.3 is 6.18 Å². The van der Waals surface area contributed by atoms with Gasteiger partial charge < -0.3 is 14.6 Å². The lowest BCUT2D eigenvalue weighted by atomic mass is 9.97. The molecule has 1 aliphatic heterocycles. The molecule has 1 unspecified atom stereocenters. The van der Waals surface area contributed by atoms with Crippen molar-refractivity contribution in [3.8, 4) is 5.75 Å². The number of methoxy groups -OCH3 is 1. The van der Waals surface area contributed by atoms with Gasteiger partial charge in [0.05, 0.1) is 19.4 Å². The number of nitrogens with zero attached hydrogens (tertiary/aromatic N) is 2. The van der Waals surface area contributed by atoms with Crippen molar-refractivity contribution in [1.82, 2.24) is 9.97 Å². The predicted octanol–water partition coefficient (Wildman–Crippen LogP) is 1.56. The van der Waals surface area contributed by atoms with Gasteiger partial charge in [-0.1, -0.05) is 0 Å². The van der Waals surface area contributed by atoms with E-state index in [0.29, 0.717) is 13.0 Å². The molecule has 0 radical (unpaired) electrons. The molecule has 2 rings (SSSR count). The summed E-state index contributed by atoms with van der Waals surface area (Å²) in [5, 5.41) is 0. The number of halogens is 3. The fraction of sp³-hybridized carbons (Fsp3) is 0.636. The summed E-state index contributed by atoms with van der Waals surface area (Å²) in [5.41, 5.74) is -0.498. The molecule has 2 heterocycles. The maximum atomic E-state index is 12.7. The van der Waals surface area contributed by atoms with E-state index >= 15 is 0 Å². The van der Waals surface area contributed by atoms with Crippen LogP contribution in [0.3, 0.4) is 0 Å². The Morgan fingerprint density at radius 3 is 2.89 bits per heavy atom. The molecular weight excluding hydrogens is 263 g/mol. The third kappa shape index (κ3) is 2.82. The standard InChI is InChI=1S/C11H14F3N3O2/c1-19-8-9(15-6-16-10(8)18)17-4-2-3-7(5-17)11(12,13)14/h6-7H,2-5H2,1H3,(H,15,16,18). The molecule has 1 saturated heterocycles. The van der Waals surface area contributed by atoms with E-state index in [2.05, 4.69) is 9.97 Å². The number of aromatic nitrogens is 2. The zero-order chi connectivity index (χ0) is 14.0. The molecule has 1 atom stereocenters. The van der Waals surface area contributed by atoms with Crippen molar-refractivity contribution in [3.05, 3.63) is 16.7 Å². The minimum absolute atomic E-state index is 0.0506. The quantitative estimate of drug-likeness (QED) is 0.891. The fourth-order valence-electron chi connectivity index (χ4n) is 2.22.